The summed E-state index contributed by atoms with van der Waals surface area (Å²) >= 11 is 3.34. The molecule has 0 heterocycles. The largest absolute Gasteiger partial charge is 0.484 e. The molecule has 0 bridgehead atoms. The number of hydrogen-bond donors (Lipinski definition) is 1. The number of hydrogen-bond acceptors (Lipinski definition) is 3. The van der Waals surface area contributed by atoms with Gasteiger partial charge in [-0.15, -0.1) is 0 Å². The Labute approximate surface area is 128 Å². The fourth-order valence-corrected chi connectivity index (χ4v) is 1.81. The van der Waals surface area contributed by atoms with E-state index in [1.807, 2.05) is 19.1 Å². The number of carbonyl (C=O) groups is 1. The van der Waals surface area contributed by atoms with Crippen molar-refractivity contribution in [2.75, 3.05) is 6.61 Å². The zero-order chi connectivity index (χ0) is 14.8. The third kappa shape index (κ3) is 6.70. The van der Waals surface area contributed by atoms with Crippen LogP contribution in [0, 0.1) is 0 Å². The lowest BCUT2D eigenvalue weighted by Crippen LogP contribution is -2.25. The molecule has 0 saturated heterocycles. The van der Waals surface area contributed by atoms with Gasteiger partial charge in [-0.25, -0.2) is 5.43 Å². The summed E-state index contributed by atoms with van der Waals surface area (Å²) in [6, 6.07) is 7.34. The molecule has 4 nitrogen and oxygen atoms in total. The van der Waals surface area contributed by atoms with Crippen molar-refractivity contribution in [2.45, 2.75) is 39.5 Å². The zero-order valence-corrected chi connectivity index (χ0v) is 13.6. The Balaban J connectivity index is 2.35. The summed E-state index contributed by atoms with van der Waals surface area (Å²) in [5.41, 5.74) is 3.56. The number of ether oxygens (including phenoxy) is 1. The van der Waals surface area contributed by atoms with E-state index in [4.69, 9.17) is 4.74 Å². The summed E-state index contributed by atoms with van der Waals surface area (Å²) < 4.78 is 6.34. The van der Waals surface area contributed by atoms with Crippen LogP contribution in [0.3, 0.4) is 0 Å². The van der Waals surface area contributed by atoms with Gasteiger partial charge in [0.15, 0.2) is 6.61 Å². The highest BCUT2D eigenvalue weighted by atomic mass is 79.9. The SMILES string of the molecule is CCCC/C(CC)=N/NC(=O)COc1ccc(Br)cc1. The van der Waals surface area contributed by atoms with Crippen LogP contribution in [0.25, 0.3) is 0 Å². The maximum atomic E-state index is 11.6. The Kier molecular flexibility index (Phi) is 7.95. The number of rotatable bonds is 8. The zero-order valence-electron chi connectivity index (χ0n) is 12.0. The minimum Gasteiger partial charge on any atom is -0.484 e. The maximum Gasteiger partial charge on any atom is 0.277 e. The molecule has 1 amide bonds. The summed E-state index contributed by atoms with van der Waals surface area (Å²) in [4.78, 5) is 11.6. The van der Waals surface area contributed by atoms with Gasteiger partial charge < -0.3 is 4.74 Å². The van der Waals surface area contributed by atoms with E-state index in [0.29, 0.717) is 5.75 Å². The summed E-state index contributed by atoms with van der Waals surface area (Å²) in [7, 11) is 0. The Morgan fingerprint density at radius 2 is 2.00 bits per heavy atom. The topological polar surface area (TPSA) is 50.7 Å². The van der Waals surface area contributed by atoms with Crippen LogP contribution in [0.15, 0.2) is 33.8 Å². The highest BCUT2D eigenvalue weighted by molar-refractivity contribution is 9.10. The molecule has 0 aliphatic rings. The third-order valence-corrected chi connectivity index (χ3v) is 3.28. The van der Waals surface area contributed by atoms with Crippen LogP contribution in [0.2, 0.25) is 0 Å². The first kappa shape index (κ1) is 16.7. The molecule has 1 N–H and O–H groups in total. The highest BCUT2D eigenvalue weighted by Gasteiger charge is 2.03. The van der Waals surface area contributed by atoms with Gasteiger partial charge in [0.1, 0.15) is 5.75 Å². The maximum absolute atomic E-state index is 11.6. The Hall–Kier alpha value is -1.36. The molecule has 0 aliphatic heterocycles. The first-order valence-electron chi connectivity index (χ1n) is 6.88. The van der Waals surface area contributed by atoms with Crippen LogP contribution in [-0.4, -0.2) is 18.2 Å². The molecule has 0 fully saturated rings. The van der Waals surface area contributed by atoms with Crippen molar-refractivity contribution in [3.63, 3.8) is 0 Å². The number of carbonyl (C=O) groups excluding carboxylic acids is 1. The molecular formula is C15H21BrN2O2. The van der Waals surface area contributed by atoms with E-state index < -0.39 is 0 Å². The van der Waals surface area contributed by atoms with E-state index in [-0.39, 0.29) is 12.5 Å². The average molecular weight is 341 g/mol. The van der Waals surface area contributed by atoms with Gasteiger partial charge in [0, 0.05) is 10.2 Å². The number of nitrogens with zero attached hydrogens (tertiary/aromatic N) is 1. The highest BCUT2D eigenvalue weighted by Crippen LogP contribution is 2.15. The number of unbranched alkanes of at least 4 members (excludes halogenated alkanes) is 1. The first-order chi connectivity index (χ1) is 9.65. The van der Waals surface area contributed by atoms with Crippen molar-refractivity contribution < 1.29 is 9.53 Å². The Morgan fingerprint density at radius 3 is 2.60 bits per heavy atom. The van der Waals surface area contributed by atoms with Gasteiger partial charge in [0.25, 0.3) is 5.91 Å². The lowest BCUT2D eigenvalue weighted by Gasteiger charge is -2.06. The molecule has 0 aliphatic carbocycles. The Bertz CT molecular complexity index is 444. The number of benzene rings is 1. The molecule has 5 heteroatoms. The van der Waals surface area contributed by atoms with Crippen molar-refractivity contribution in [3.05, 3.63) is 28.7 Å². The minimum atomic E-state index is -0.240. The molecule has 0 atom stereocenters. The van der Waals surface area contributed by atoms with Crippen LogP contribution in [0.1, 0.15) is 39.5 Å². The van der Waals surface area contributed by atoms with Crippen molar-refractivity contribution in [1.29, 1.82) is 0 Å². The molecule has 0 saturated carbocycles. The van der Waals surface area contributed by atoms with Crippen LogP contribution < -0.4 is 10.2 Å². The fraction of sp³-hybridized carbons (Fsp3) is 0.467. The minimum absolute atomic E-state index is 0.0318. The summed E-state index contributed by atoms with van der Waals surface area (Å²) in [6.07, 6.45) is 4.01. The van der Waals surface area contributed by atoms with E-state index in [1.54, 1.807) is 12.1 Å². The summed E-state index contributed by atoms with van der Waals surface area (Å²) in [6.45, 7) is 4.15. The van der Waals surface area contributed by atoms with Gasteiger partial charge in [-0.2, -0.15) is 5.10 Å². The molecule has 0 radical (unpaired) electrons. The molecule has 20 heavy (non-hydrogen) atoms. The van der Waals surface area contributed by atoms with Gasteiger partial charge in [-0.1, -0.05) is 36.2 Å². The van der Waals surface area contributed by atoms with Crippen LogP contribution in [0.5, 0.6) is 5.75 Å². The average Bonchev–Trinajstić information content (AvgIpc) is 2.47. The lowest BCUT2D eigenvalue weighted by molar-refractivity contribution is -0.123. The van der Waals surface area contributed by atoms with E-state index in [9.17, 15) is 4.79 Å². The molecule has 1 aromatic carbocycles. The normalized spacial score (nSPS) is 11.2. The van der Waals surface area contributed by atoms with Crippen LogP contribution in [0.4, 0.5) is 0 Å². The molecule has 1 rings (SSSR count). The predicted molar refractivity (Wildman–Crippen MR) is 85.0 cm³/mol. The van der Waals surface area contributed by atoms with E-state index >= 15 is 0 Å². The van der Waals surface area contributed by atoms with Crippen LogP contribution in [-0.2, 0) is 4.79 Å². The Morgan fingerprint density at radius 1 is 1.30 bits per heavy atom. The van der Waals surface area contributed by atoms with Gasteiger partial charge in [-0.3, -0.25) is 4.79 Å². The van der Waals surface area contributed by atoms with Crippen molar-refractivity contribution >= 4 is 27.5 Å². The van der Waals surface area contributed by atoms with Gasteiger partial charge in [0.2, 0.25) is 0 Å². The number of hydrazone groups is 1. The molecular weight excluding hydrogens is 320 g/mol. The van der Waals surface area contributed by atoms with Gasteiger partial charge >= 0.3 is 0 Å². The molecule has 0 aromatic heterocycles. The van der Waals surface area contributed by atoms with Crippen molar-refractivity contribution in [3.8, 4) is 5.75 Å². The second-order valence-corrected chi connectivity index (χ2v) is 5.33. The molecule has 0 spiro atoms. The van der Waals surface area contributed by atoms with Gasteiger partial charge in [-0.05, 0) is 43.5 Å². The lowest BCUT2D eigenvalue weighted by atomic mass is 10.1. The molecule has 0 unspecified atom stereocenters. The predicted octanol–water partition coefficient (Wildman–Crippen LogP) is 3.90. The number of halogens is 1. The third-order valence-electron chi connectivity index (χ3n) is 2.75. The standard InChI is InChI=1S/C15H21BrN2O2/c1-3-5-6-13(4-2)17-18-15(19)11-20-14-9-7-12(16)8-10-14/h7-10H,3-6,11H2,1-2H3,(H,18,19)/b17-13+. The second-order valence-electron chi connectivity index (χ2n) is 4.41. The first-order valence-corrected chi connectivity index (χ1v) is 7.67. The van der Waals surface area contributed by atoms with Crippen molar-refractivity contribution in [2.24, 2.45) is 5.10 Å². The molecule has 1 aromatic rings. The second kappa shape index (κ2) is 9.53. The van der Waals surface area contributed by atoms with Crippen molar-refractivity contribution in [1.82, 2.24) is 5.43 Å². The summed E-state index contributed by atoms with van der Waals surface area (Å²) in [5, 5.41) is 4.14. The van der Waals surface area contributed by atoms with E-state index in [0.717, 1.165) is 35.9 Å². The molecule has 110 valence electrons. The monoisotopic (exact) mass is 340 g/mol. The quantitative estimate of drug-likeness (QED) is 0.576. The van der Waals surface area contributed by atoms with E-state index in [2.05, 4.69) is 33.4 Å². The smallest absolute Gasteiger partial charge is 0.277 e. The van der Waals surface area contributed by atoms with Gasteiger partial charge in [0.05, 0.1) is 0 Å². The number of nitrogens with one attached hydrogen (secondary N) is 1. The van der Waals surface area contributed by atoms with Crippen LogP contribution >= 0.6 is 15.9 Å². The fourth-order valence-electron chi connectivity index (χ4n) is 1.55. The van der Waals surface area contributed by atoms with E-state index in [1.165, 1.54) is 0 Å². The number of amides is 1. The summed E-state index contributed by atoms with van der Waals surface area (Å²) in [5.74, 6) is 0.421.